The molecule has 1 saturated heterocycles. The summed E-state index contributed by atoms with van der Waals surface area (Å²) >= 11 is 0. The first-order valence-electron chi connectivity index (χ1n) is 7.36. The molecule has 0 radical (unpaired) electrons. The van der Waals surface area contributed by atoms with Gasteiger partial charge in [-0.25, -0.2) is 9.59 Å². The Morgan fingerprint density at radius 3 is 2.71 bits per heavy atom. The predicted molar refractivity (Wildman–Crippen MR) is 77.7 cm³/mol. The molecule has 3 N–H and O–H groups in total. The number of rotatable bonds is 6. The van der Waals surface area contributed by atoms with Crippen LogP contribution >= 0.6 is 0 Å². The van der Waals surface area contributed by atoms with Crippen molar-refractivity contribution in [1.82, 2.24) is 20.9 Å². The van der Waals surface area contributed by atoms with Crippen LogP contribution in [0.1, 0.15) is 32.1 Å². The Labute approximate surface area is 124 Å². The lowest BCUT2D eigenvalue weighted by atomic mass is 9.98. The second-order valence-corrected chi connectivity index (χ2v) is 5.46. The van der Waals surface area contributed by atoms with E-state index in [1.165, 1.54) is 4.90 Å². The molecule has 21 heavy (non-hydrogen) atoms. The van der Waals surface area contributed by atoms with Crippen molar-refractivity contribution in [2.75, 3.05) is 19.6 Å². The lowest BCUT2D eigenvalue weighted by Crippen LogP contribution is -2.44. The molecular weight excluding hydrogens is 272 g/mol. The molecule has 116 valence electrons. The summed E-state index contributed by atoms with van der Waals surface area (Å²) in [6.07, 6.45) is 5.55. The summed E-state index contributed by atoms with van der Waals surface area (Å²) < 4.78 is 0. The maximum absolute atomic E-state index is 12.3. The fourth-order valence-electron chi connectivity index (χ4n) is 2.86. The molecule has 7 heteroatoms. The first kappa shape index (κ1) is 15.3. The first-order chi connectivity index (χ1) is 10.1. The third kappa shape index (κ3) is 3.34. The molecule has 2 aliphatic rings. The monoisotopic (exact) mass is 294 g/mol. The topological polar surface area (TPSA) is 90.5 Å². The molecule has 0 unspecified atom stereocenters. The highest BCUT2D eigenvalue weighted by molar-refractivity contribution is 6.07. The zero-order valence-corrected chi connectivity index (χ0v) is 12.1. The second-order valence-electron chi connectivity index (χ2n) is 5.46. The summed E-state index contributed by atoms with van der Waals surface area (Å²) in [4.78, 5) is 36.8. The maximum atomic E-state index is 12.3. The van der Waals surface area contributed by atoms with Gasteiger partial charge in [-0.3, -0.25) is 9.69 Å². The van der Waals surface area contributed by atoms with Crippen molar-refractivity contribution in [3.05, 3.63) is 12.7 Å². The molecule has 0 aromatic rings. The van der Waals surface area contributed by atoms with Gasteiger partial charge in [0.15, 0.2) is 0 Å². The Balaban J connectivity index is 1.73. The van der Waals surface area contributed by atoms with E-state index < -0.39 is 5.54 Å². The smallest absolute Gasteiger partial charge is 0.325 e. The summed E-state index contributed by atoms with van der Waals surface area (Å²) in [5, 5.41) is 8.09. The molecule has 1 heterocycles. The maximum Gasteiger partial charge on any atom is 0.325 e. The van der Waals surface area contributed by atoms with Crippen molar-refractivity contribution in [2.24, 2.45) is 0 Å². The van der Waals surface area contributed by atoms with Crippen LogP contribution in [0.5, 0.6) is 0 Å². The molecule has 0 aromatic heterocycles. The number of amides is 5. The van der Waals surface area contributed by atoms with Crippen LogP contribution in [0.3, 0.4) is 0 Å². The third-order valence-corrected chi connectivity index (χ3v) is 3.95. The van der Waals surface area contributed by atoms with Crippen LogP contribution in [0, 0.1) is 0 Å². The quantitative estimate of drug-likeness (QED) is 0.383. The fraction of sp³-hybridized carbons (Fsp3) is 0.643. The van der Waals surface area contributed by atoms with Crippen LogP contribution in [0.25, 0.3) is 0 Å². The zero-order valence-electron chi connectivity index (χ0n) is 12.1. The normalized spacial score (nSPS) is 19.7. The van der Waals surface area contributed by atoms with Gasteiger partial charge >= 0.3 is 12.1 Å². The number of carbonyl (C=O) groups is 3. The number of hydrogen-bond donors (Lipinski definition) is 3. The first-order valence-corrected chi connectivity index (χ1v) is 7.36. The number of imide groups is 1. The largest absolute Gasteiger partial charge is 0.338 e. The Bertz CT molecular complexity index is 444. The average Bonchev–Trinajstić information content (AvgIpc) is 3.01. The number of nitrogens with zero attached hydrogens (tertiary/aromatic N) is 1. The van der Waals surface area contributed by atoms with Gasteiger partial charge in [0.05, 0.1) is 0 Å². The molecule has 1 spiro atoms. The summed E-state index contributed by atoms with van der Waals surface area (Å²) in [6.45, 7) is 4.64. The molecular formula is C14H22N4O3. The molecule has 5 amide bonds. The van der Waals surface area contributed by atoms with E-state index in [4.69, 9.17) is 0 Å². The van der Waals surface area contributed by atoms with E-state index in [0.717, 1.165) is 25.7 Å². The molecule has 1 saturated carbocycles. The molecule has 0 atom stereocenters. The molecule has 1 aliphatic carbocycles. The van der Waals surface area contributed by atoms with Crippen molar-refractivity contribution >= 4 is 18.0 Å². The van der Waals surface area contributed by atoms with Gasteiger partial charge in [-0.05, 0) is 19.3 Å². The van der Waals surface area contributed by atoms with Crippen LogP contribution in [0.4, 0.5) is 9.59 Å². The minimum absolute atomic E-state index is 0.110. The van der Waals surface area contributed by atoms with Crippen molar-refractivity contribution in [3.8, 4) is 0 Å². The Morgan fingerprint density at radius 2 is 2.05 bits per heavy atom. The van der Waals surface area contributed by atoms with Gasteiger partial charge in [0.25, 0.3) is 5.91 Å². The Morgan fingerprint density at radius 1 is 1.33 bits per heavy atom. The number of carbonyl (C=O) groups excluding carboxylic acids is 3. The minimum Gasteiger partial charge on any atom is -0.338 e. The highest BCUT2D eigenvalue weighted by Gasteiger charge is 2.51. The summed E-state index contributed by atoms with van der Waals surface area (Å²) in [5.74, 6) is -0.110. The number of urea groups is 2. The average molecular weight is 294 g/mol. The van der Waals surface area contributed by atoms with Crippen LogP contribution < -0.4 is 16.0 Å². The van der Waals surface area contributed by atoms with Crippen molar-refractivity contribution in [1.29, 1.82) is 0 Å². The van der Waals surface area contributed by atoms with E-state index in [-0.39, 0.29) is 18.0 Å². The summed E-state index contributed by atoms with van der Waals surface area (Å²) in [5.41, 5.74) is -0.647. The predicted octanol–water partition coefficient (Wildman–Crippen LogP) is 0.726. The van der Waals surface area contributed by atoms with E-state index >= 15 is 0 Å². The molecule has 0 bridgehead atoms. The van der Waals surface area contributed by atoms with Gasteiger partial charge < -0.3 is 16.0 Å². The minimum atomic E-state index is -0.647. The van der Waals surface area contributed by atoms with Crippen LogP contribution in [-0.4, -0.2) is 48.0 Å². The molecule has 1 aliphatic heterocycles. The number of hydrogen-bond acceptors (Lipinski definition) is 3. The number of nitrogens with one attached hydrogen (secondary N) is 3. The van der Waals surface area contributed by atoms with E-state index in [9.17, 15) is 14.4 Å². The van der Waals surface area contributed by atoms with E-state index in [2.05, 4.69) is 22.5 Å². The van der Waals surface area contributed by atoms with E-state index in [1.807, 2.05) is 0 Å². The fourth-order valence-corrected chi connectivity index (χ4v) is 2.86. The van der Waals surface area contributed by atoms with Crippen LogP contribution in [0.15, 0.2) is 12.7 Å². The van der Waals surface area contributed by atoms with Gasteiger partial charge in [-0.1, -0.05) is 18.9 Å². The zero-order chi connectivity index (χ0) is 15.3. The summed E-state index contributed by atoms with van der Waals surface area (Å²) in [7, 11) is 0. The molecule has 2 fully saturated rings. The highest BCUT2D eigenvalue weighted by Crippen LogP contribution is 2.34. The van der Waals surface area contributed by atoms with Gasteiger partial charge in [0.2, 0.25) is 0 Å². The summed E-state index contributed by atoms with van der Waals surface area (Å²) in [6, 6.07) is -0.586. The van der Waals surface area contributed by atoms with Gasteiger partial charge in [-0.15, -0.1) is 6.58 Å². The molecule has 2 rings (SSSR count). The van der Waals surface area contributed by atoms with Crippen molar-refractivity contribution in [3.63, 3.8) is 0 Å². The van der Waals surface area contributed by atoms with Crippen molar-refractivity contribution < 1.29 is 14.4 Å². The Hall–Kier alpha value is -2.05. The van der Waals surface area contributed by atoms with Crippen LogP contribution in [-0.2, 0) is 4.79 Å². The lowest BCUT2D eigenvalue weighted by molar-refractivity contribution is -0.131. The van der Waals surface area contributed by atoms with E-state index in [1.54, 1.807) is 6.08 Å². The van der Waals surface area contributed by atoms with Gasteiger partial charge in [0.1, 0.15) is 5.54 Å². The molecule has 0 aromatic carbocycles. The molecule has 7 nitrogen and oxygen atoms in total. The lowest BCUT2D eigenvalue weighted by Gasteiger charge is -2.20. The van der Waals surface area contributed by atoms with E-state index in [0.29, 0.717) is 26.1 Å². The SMILES string of the molecule is C=CCNC(=O)NCCCN1C(=O)NC2(CCCC2)C1=O. The van der Waals surface area contributed by atoms with Crippen molar-refractivity contribution in [2.45, 2.75) is 37.6 Å². The van der Waals surface area contributed by atoms with Crippen LogP contribution in [0.2, 0.25) is 0 Å². The Kier molecular flexibility index (Phi) is 4.82. The van der Waals surface area contributed by atoms with Gasteiger partial charge in [0, 0.05) is 19.6 Å². The highest BCUT2D eigenvalue weighted by atomic mass is 16.2. The second kappa shape index (κ2) is 6.60. The third-order valence-electron chi connectivity index (χ3n) is 3.95. The standard InChI is InChI=1S/C14H22N4O3/c1-2-8-15-12(20)16-9-5-10-18-11(19)14(17-13(18)21)6-3-4-7-14/h2H,1,3-10H2,(H,17,21)(H2,15,16,20). The van der Waals surface area contributed by atoms with Gasteiger partial charge in [-0.2, -0.15) is 0 Å².